The molecule has 0 fully saturated rings. The summed E-state index contributed by atoms with van der Waals surface area (Å²) in [6.07, 6.45) is 8.20. The molecular weight excluding hydrogens is 475 g/mol. The Morgan fingerprint density at radius 3 is 1.80 bits per heavy atom. The van der Waals surface area contributed by atoms with E-state index in [-0.39, 0.29) is 16.8 Å². The number of aromatic nitrogens is 4. The van der Waals surface area contributed by atoms with Gasteiger partial charge in [0.25, 0.3) is 0 Å². The molecule has 5 aromatic rings. The molecule has 5 heteroatoms. The normalized spacial score (nSPS) is 12.1. The molecule has 2 aliphatic rings. The van der Waals surface area contributed by atoms with Crippen molar-refractivity contribution in [2.45, 2.75) is 0 Å². The van der Waals surface area contributed by atoms with Crippen LogP contribution in [-0.4, -0.2) is 19.9 Å². The Hall–Kier alpha value is -4.19. The number of nitrogens with one attached hydrogen (secondary N) is 2. The predicted molar refractivity (Wildman–Crippen MR) is 142 cm³/mol. The fraction of sp³-hybridized carbons (Fsp3) is 0. The zero-order chi connectivity index (χ0) is 22.5. The summed E-state index contributed by atoms with van der Waals surface area (Å²) in [5, 5.41) is 2.45. The van der Waals surface area contributed by atoms with Crippen molar-refractivity contribution in [3.05, 3.63) is 108 Å². The van der Waals surface area contributed by atoms with E-state index in [1.54, 1.807) is 0 Å². The number of fused-ring (bicyclic) bond motifs is 9. The third-order valence-corrected chi connectivity index (χ3v) is 6.25. The molecule has 7 rings (SSSR count). The van der Waals surface area contributed by atoms with Crippen LogP contribution in [0.15, 0.2) is 84.9 Å². The van der Waals surface area contributed by atoms with Gasteiger partial charge in [0.15, 0.2) is 0 Å². The molecule has 3 aromatic heterocycles. The van der Waals surface area contributed by atoms with Gasteiger partial charge in [-0.25, -0.2) is 9.97 Å². The number of rotatable bonds is 1. The Bertz CT molecular complexity index is 1820. The quantitative estimate of drug-likeness (QED) is 0.248. The summed E-state index contributed by atoms with van der Waals surface area (Å²) in [5.41, 5.74) is 10.1. The molecule has 35 heavy (non-hydrogen) atoms. The Balaban J connectivity index is 0.00000229. The van der Waals surface area contributed by atoms with E-state index in [2.05, 4.69) is 101 Å². The SMILES string of the molecule is C1=Cc2cc3cc(-c4cccc5ccccc45)c(cc4nc(cc5ccc(cc1n2)[nH]5)C=C4)[nH]3.[Co]. The summed E-state index contributed by atoms with van der Waals surface area (Å²) in [6, 6.07) is 29.6. The van der Waals surface area contributed by atoms with Gasteiger partial charge in [0.2, 0.25) is 0 Å². The molecule has 0 saturated carbocycles. The molecule has 169 valence electrons. The molecule has 0 spiro atoms. The largest absolute Gasteiger partial charge is 0.355 e. The van der Waals surface area contributed by atoms with Crippen molar-refractivity contribution >= 4 is 57.1 Å². The second-order valence-electron chi connectivity index (χ2n) is 8.61. The fourth-order valence-electron chi connectivity index (χ4n) is 4.70. The minimum absolute atomic E-state index is 0. The zero-order valence-electron chi connectivity index (χ0n) is 18.6. The van der Waals surface area contributed by atoms with Crippen LogP contribution in [0.2, 0.25) is 0 Å². The van der Waals surface area contributed by atoms with Gasteiger partial charge in [0.1, 0.15) is 0 Å². The summed E-state index contributed by atoms with van der Waals surface area (Å²) < 4.78 is 0. The molecule has 2 N–H and O–H groups in total. The summed E-state index contributed by atoms with van der Waals surface area (Å²) in [4.78, 5) is 16.6. The van der Waals surface area contributed by atoms with Crippen molar-refractivity contribution in [3.8, 4) is 11.1 Å². The first-order valence-electron chi connectivity index (χ1n) is 11.3. The third kappa shape index (κ3) is 4.01. The van der Waals surface area contributed by atoms with E-state index in [0.717, 1.165) is 50.4 Å². The van der Waals surface area contributed by atoms with Crippen molar-refractivity contribution in [2.75, 3.05) is 0 Å². The monoisotopic (exact) mass is 495 g/mol. The molecule has 0 unspecified atom stereocenters. The number of nitrogens with zero attached hydrogens (tertiary/aromatic N) is 2. The topological polar surface area (TPSA) is 57.4 Å². The number of aromatic amines is 2. The Kier molecular flexibility index (Phi) is 5.21. The van der Waals surface area contributed by atoms with E-state index in [9.17, 15) is 0 Å². The van der Waals surface area contributed by atoms with E-state index in [4.69, 9.17) is 9.97 Å². The molecule has 2 aliphatic heterocycles. The summed E-state index contributed by atoms with van der Waals surface area (Å²) in [6.45, 7) is 0. The molecule has 4 nitrogen and oxygen atoms in total. The summed E-state index contributed by atoms with van der Waals surface area (Å²) in [5.74, 6) is 0. The van der Waals surface area contributed by atoms with E-state index < -0.39 is 0 Å². The first-order chi connectivity index (χ1) is 16.8. The Morgan fingerprint density at radius 1 is 0.486 bits per heavy atom. The fourth-order valence-corrected chi connectivity index (χ4v) is 4.70. The van der Waals surface area contributed by atoms with Gasteiger partial charge in [0.05, 0.1) is 22.8 Å². The molecule has 0 saturated heterocycles. The van der Waals surface area contributed by atoms with Gasteiger partial charge in [0, 0.05) is 44.4 Å². The van der Waals surface area contributed by atoms with Gasteiger partial charge in [-0.2, -0.15) is 0 Å². The molecule has 0 amide bonds. The van der Waals surface area contributed by atoms with Gasteiger partial charge in [-0.1, -0.05) is 42.5 Å². The van der Waals surface area contributed by atoms with Crippen LogP contribution < -0.4 is 0 Å². The van der Waals surface area contributed by atoms with Crippen molar-refractivity contribution in [1.29, 1.82) is 0 Å². The minimum atomic E-state index is 0. The third-order valence-electron chi connectivity index (χ3n) is 6.25. The van der Waals surface area contributed by atoms with Gasteiger partial charge < -0.3 is 9.97 Å². The Morgan fingerprint density at radius 2 is 1.09 bits per heavy atom. The van der Waals surface area contributed by atoms with Crippen molar-refractivity contribution in [1.82, 2.24) is 19.9 Å². The summed E-state index contributed by atoms with van der Waals surface area (Å²) >= 11 is 0. The second kappa shape index (κ2) is 8.54. The maximum absolute atomic E-state index is 4.83. The minimum Gasteiger partial charge on any atom is -0.355 e. The number of H-pyrrole nitrogens is 2. The van der Waals surface area contributed by atoms with Gasteiger partial charge in [-0.05, 0) is 83.1 Å². The molecule has 5 heterocycles. The average molecular weight is 495 g/mol. The average Bonchev–Trinajstić information content (AvgIpc) is 3.64. The van der Waals surface area contributed by atoms with E-state index in [1.165, 1.54) is 16.3 Å². The van der Waals surface area contributed by atoms with Crippen LogP contribution >= 0.6 is 0 Å². The van der Waals surface area contributed by atoms with Crippen LogP contribution in [0.3, 0.4) is 0 Å². The number of hydrogen-bond donors (Lipinski definition) is 2. The van der Waals surface area contributed by atoms with Gasteiger partial charge in [-0.15, -0.1) is 0 Å². The molecule has 2 aromatic carbocycles. The van der Waals surface area contributed by atoms with Crippen LogP contribution in [-0.2, 0) is 16.8 Å². The summed E-state index contributed by atoms with van der Waals surface area (Å²) in [7, 11) is 0. The molecular formula is C30H20CoN4. The van der Waals surface area contributed by atoms with E-state index in [0.29, 0.717) is 0 Å². The first kappa shape index (κ1) is 21.3. The number of hydrogen-bond acceptors (Lipinski definition) is 2. The second-order valence-corrected chi connectivity index (χ2v) is 8.61. The van der Waals surface area contributed by atoms with Crippen LogP contribution in [0.1, 0.15) is 22.8 Å². The maximum Gasteiger partial charge on any atom is 0.0658 e. The van der Waals surface area contributed by atoms with E-state index in [1.807, 2.05) is 18.2 Å². The van der Waals surface area contributed by atoms with E-state index >= 15 is 0 Å². The smallest absolute Gasteiger partial charge is 0.0658 e. The van der Waals surface area contributed by atoms with Crippen LogP contribution in [0.25, 0.3) is 68.3 Å². The molecule has 1 radical (unpaired) electrons. The molecule has 0 aliphatic carbocycles. The zero-order valence-corrected chi connectivity index (χ0v) is 19.7. The number of benzene rings is 2. The maximum atomic E-state index is 4.83. The standard InChI is InChI=1S/C30H20N4.Co/c1-2-6-27-19(4-1)5-3-7-28(27)29-17-26-16-24-11-10-22(32-24)14-20-8-9-21(31-20)15-23-12-13-25(33-23)18-30(29)34-26;/h1-18,31,34H;. The first-order valence-corrected chi connectivity index (χ1v) is 11.3. The Labute approximate surface area is 212 Å². The molecule has 0 atom stereocenters. The van der Waals surface area contributed by atoms with Crippen LogP contribution in [0.4, 0.5) is 0 Å². The molecule has 8 bridgehead atoms. The van der Waals surface area contributed by atoms with Crippen molar-refractivity contribution in [3.63, 3.8) is 0 Å². The van der Waals surface area contributed by atoms with Gasteiger partial charge in [-0.3, -0.25) is 0 Å². The van der Waals surface area contributed by atoms with Crippen LogP contribution in [0.5, 0.6) is 0 Å². The van der Waals surface area contributed by atoms with Gasteiger partial charge >= 0.3 is 0 Å². The predicted octanol–water partition coefficient (Wildman–Crippen LogP) is 7.47. The van der Waals surface area contributed by atoms with Crippen molar-refractivity contribution < 1.29 is 16.8 Å². The van der Waals surface area contributed by atoms with Crippen LogP contribution in [0, 0.1) is 0 Å². The van der Waals surface area contributed by atoms with Crippen molar-refractivity contribution in [2.24, 2.45) is 0 Å².